The monoisotopic (exact) mass is 318 g/mol. The molecule has 0 aliphatic rings. The predicted octanol–water partition coefficient (Wildman–Crippen LogP) is 3.76. The van der Waals surface area contributed by atoms with Crippen molar-refractivity contribution < 1.29 is 15.0 Å². The summed E-state index contributed by atoms with van der Waals surface area (Å²) < 4.78 is 0.363. The summed E-state index contributed by atoms with van der Waals surface area (Å²) in [7, 11) is 0. The van der Waals surface area contributed by atoms with Gasteiger partial charge in [0.2, 0.25) is 0 Å². The van der Waals surface area contributed by atoms with Crippen LogP contribution in [0.3, 0.4) is 0 Å². The molecule has 19 heavy (non-hydrogen) atoms. The molecule has 0 fully saturated rings. The van der Waals surface area contributed by atoms with Gasteiger partial charge in [-0.2, -0.15) is 0 Å². The topological polar surface area (TPSA) is 57.5 Å². The zero-order chi connectivity index (χ0) is 13.8. The molecule has 96 valence electrons. The van der Waals surface area contributed by atoms with Gasteiger partial charge in [0.05, 0.1) is 10.0 Å². The molecule has 4 heteroatoms. The zero-order valence-corrected chi connectivity index (χ0v) is 11.5. The molecule has 3 nitrogen and oxygen atoms in total. The van der Waals surface area contributed by atoms with Gasteiger partial charge >= 0.3 is 0 Å². The number of halogens is 1. The highest BCUT2D eigenvalue weighted by Crippen LogP contribution is 2.31. The van der Waals surface area contributed by atoms with Gasteiger partial charge in [-0.1, -0.05) is 36.4 Å². The van der Waals surface area contributed by atoms with Crippen molar-refractivity contribution in [1.29, 1.82) is 0 Å². The van der Waals surface area contributed by atoms with Crippen LogP contribution in [0, 0.1) is 0 Å². The third kappa shape index (κ3) is 3.23. The smallest absolute Gasteiger partial charge is 0.189 e. The minimum atomic E-state index is -0.331. The van der Waals surface area contributed by atoms with Gasteiger partial charge in [-0.3, -0.25) is 4.79 Å². The number of carbonyl (C=O) groups excluding carboxylic acids is 1. The zero-order valence-electron chi connectivity index (χ0n) is 9.88. The van der Waals surface area contributed by atoms with Crippen LogP contribution in [0.15, 0.2) is 53.0 Å². The Kier molecular flexibility index (Phi) is 4.02. The van der Waals surface area contributed by atoms with E-state index in [-0.39, 0.29) is 22.8 Å². The fourth-order valence-electron chi connectivity index (χ4n) is 1.57. The quantitative estimate of drug-likeness (QED) is 0.669. The lowest BCUT2D eigenvalue weighted by Gasteiger charge is -2.03. The lowest BCUT2D eigenvalue weighted by Crippen LogP contribution is -1.95. The highest BCUT2D eigenvalue weighted by Gasteiger charge is 2.11. The van der Waals surface area contributed by atoms with Gasteiger partial charge in [0.25, 0.3) is 0 Å². The van der Waals surface area contributed by atoms with Crippen LogP contribution in [0.4, 0.5) is 0 Å². The second kappa shape index (κ2) is 5.71. The Morgan fingerprint density at radius 3 is 2.42 bits per heavy atom. The molecule has 0 saturated heterocycles. The molecule has 0 aliphatic carbocycles. The fourth-order valence-corrected chi connectivity index (χ4v) is 1.92. The molecule has 2 aromatic rings. The number of phenols is 2. The third-order valence-electron chi connectivity index (χ3n) is 2.56. The van der Waals surface area contributed by atoms with Gasteiger partial charge in [-0.15, -0.1) is 0 Å². The average molecular weight is 319 g/mol. The van der Waals surface area contributed by atoms with Crippen LogP contribution in [0.1, 0.15) is 15.9 Å². The Morgan fingerprint density at radius 1 is 1.05 bits per heavy atom. The van der Waals surface area contributed by atoms with Crippen molar-refractivity contribution in [3.05, 3.63) is 64.1 Å². The Labute approximate surface area is 119 Å². The second-order valence-electron chi connectivity index (χ2n) is 3.93. The first kappa shape index (κ1) is 13.4. The van der Waals surface area contributed by atoms with Gasteiger partial charge in [0.1, 0.15) is 11.5 Å². The molecule has 0 bridgehead atoms. The van der Waals surface area contributed by atoms with Crippen LogP contribution >= 0.6 is 15.9 Å². The van der Waals surface area contributed by atoms with E-state index in [4.69, 9.17) is 0 Å². The molecular weight excluding hydrogens is 308 g/mol. The highest BCUT2D eigenvalue weighted by molar-refractivity contribution is 9.10. The summed E-state index contributed by atoms with van der Waals surface area (Å²) in [5.41, 5.74) is 1.03. The van der Waals surface area contributed by atoms with Crippen LogP contribution in [0.5, 0.6) is 11.5 Å². The maximum absolute atomic E-state index is 12.0. The molecule has 0 heterocycles. The number of hydrogen-bond donors (Lipinski definition) is 2. The summed E-state index contributed by atoms with van der Waals surface area (Å²) >= 11 is 3.11. The summed E-state index contributed by atoms with van der Waals surface area (Å²) in [6.45, 7) is 0. The molecule has 0 unspecified atom stereocenters. The molecule has 0 aliphatic heterocycles. The van der Waals surface area contributed by atoms with E-state index < -0.39 is 0 Å². The van der Waals surface area contributed by atoms with Gasteiger partial charge in [0, 0.05) is 6.07 Å². The Bertz CT molecular complexity index is 633. The molecule has 2 N–H and O–H groups in total. The molecule has 0 aromatic heterocycles. The van der Waals surface area contributed by atoms with E-state index in [1.807, 2.05) is 30.3 Å². The number of allylic oxidation sites excluding steroid dienone is 1. The number of rotatable bonds is 3. The number of hydrogen-bond acceptors (Lipinski definition) is 3. The lowest BCUT2D eigenvalue weighted by molar-refractivity contribution is 0.104. The van der Waals surface area contributed by atoms with E-state index in [2.05, 4.69) is 15.9 Å². The highest BCUT2D eigenvalue weighted by atomic mass is 79.9. The van der Waals surface area contributed by atoms with Crippen LogP contribution in [-0.4, -0.2) is 16.0 Å². The number of phenolic OH excluding ortho intramolecular Hbond substituents is 2. The van der Waals surface area contributed by atoms with Gasteiger partial charge in [-0.05, 0) is 33.6 Å². The normalized spacial score (nSPS) is 10.8. The minimum Gasteiger partial charge on any atom is -0.507 e. The molecule has 2 aromatic carbocycles. The first-order valence-corrected chi connectivity index (χ1v) is 6.36. The predicted molar refractivity (Wildman–Crippen MR) is 77.3 cm³/mol. The first-order chi connectivity index (χ1) is 9.08. The summed E-state index contributed by atoms with van der Waals surface area (Å²) in [4.78, 5) is 12.0. The van der Waals surface area contributed by atoms with E-state index in [1.54, 1.807) is 6.08 Å². The number of ketones is 1. The lowest BCUT2D eigenvalue weighted by atomic mass is 10.1. The maximum Gasteiger partial charge on any atom is 0.189 e. The fraction of sp³-hybridized carbons (Fsp3) is 0. The first-order valence-electron chi connectivity index (χ1n) is 5.57. The molecule has 0 spiro atoms. The van der Waals surface area contributed by atoms with Crippen LogP contribution in [0.2, 0.25) is 0 Å². The molecule has 0 amide bonds. The summed E-state index contributed by atoms with van der Waals surface area (Å²) in [6.07, 6.45) is 3.05. The maximum atomic E-state index is 12.0. The van der Waals surface area contributed by atoms with Gasteiger partial charge in [0.15, 0.2) is 5.78 Å². The second-order valence-corrected chi connectivity index (χ2v) is 4.78. The van der Waals surface area contributed by atoms with Crippen LogP contribution in [-0.2, 0) is 0 Å². The Balaban J connectivity index is 2.26. The van der Waals surface area contributed by atoms with Crippen molar-refractivity contribution in [2.45, 2.75) is 0 Å². The third-order valence-corrected chi connectivity index (χ3v) is 3.19. The molecule has 0 saturated carbocycles. The molecule has 2 rings (SSSR count). The average Bonchev–Trinajstić information content (AvgIpc) is 2.41. The van der Waals surface area contributed by atoms with Crippen molar-refractivity contribution in [3.63, 3.8) is 0 Å². The Hall–Kier alpha value is -2.07. The van der Waals surface area contributed by atoms with Crippen LogP contribution < -0.4 is 0 Å². The number of carbonyl (C=O) groups is 1. The van der Waals surface area contributed by atoms with Crippen molar-refractivity contribution >= 4 is 27.8 Å². The summed E-state index contributed by atoms with van der Waals surface area (Å²) in [5.74, 6) is -0.688. The van der Waals surface area contributed by atoms with E-state index in [0.717, 1.165) is 11.6 Å². The van der Waals surface area contributed by atoms with Crippen LogP contribution in [0.25, 0.3) is 6.08 Å². The van der Waals surface area contributed by atoms with E-state index in [1.165, 1.54) is 12.1 Å². The van der Waals surface area contributed by atoms with Crippen molar-refractivity contribution in [3.8, 4) is 11.5 Å². The van der Waals surface area contributed by atoms with E-state index in [9.17, 15) is 15.0 Å². The molecular formula is C15H11BrO3. The standard InChI is InChI=1S/C15H11BrO3/c16-12-8-11(14(18)9-15(12)19)13(17)7-6-10-4-2-1-3-5-10/h1-9,18-19H. The minimum absolute atomic E-state index is 0.110. The largest absolute Gasteiger partial charge is 0.507 e. The number of benzene rings is 2. The van der Waals surface area contributed by atoms with E-state index >= 15 is 0 Å². The molecule has 0 radical (unpaired) electrons. The molecule has 0 atom stereocenters. The van der Waals surface area contributed by atoms with Crippen molar-refractivity contribution in [2.75, 3.05) is 0 Å². The van der Waals surface area contributed by atoms with Gasteiger partial charge < -0.3 is 10.2 Å². The summed E-state index contributed by atoms with van der Waals surface area (Å²) in [5, 5.41) is 19.0. The SMILES string of the molecule is O=C(C=Cc1ccccc1)c1cc(Br)c(O)cc1O. The van der Waals surface area contributed by atoms with Gasteiger partial charge in [-0.25, -0.2) is 0 Å². The van der Waals surface area contributed by atoms with E-state index in [0.29, 0.717) is 4.47 Å². The summed E-state index contributed by atoms with van der Waals surface area (Å²) in [6, 6.07) is 11.9. The van der Waals surface area contributed by atoms with Crippen molar-refractivity contribution in [2.24, 2.45) is 0 Å². The Morgan fingerprint density at radius 2 is 1.74 bits per heavy atom. The van der Waals surface area contributed by atoms with Crippen molar-refractivity contribution in [1.82, 2.24) is 0 Å². The number of aromatic hydroxyl groups is 2.